The lowest BCUT2D eigenvalue weighted by molar-refractivity contribution is -0.119. The van der Waals surface area contributed by atoms with Gasteiger partial charge in [-0.05, 0) is 6.42 Å². The summed E-state index contributed by atoms with van der Waals surface area (Å²) in [5.41, 5.74) is 0. The molecule has 0 aliphatic rings. The normalized spacial score (nSPS) is 10.5. The molecule has 0 aromatic carbocycles. The Morgan fingerprint density at radius 1 is 0.824 bits per heavy atom. The van der Waals surface area contributed by atoms with Gasteiger partial charge >= 0.3 is 0 Å². The Hall–Kier alpha value is -0.180. The van der Waals surface area contributed by atoms with Crippen molar-refractivity contribution in [1.29, 1.82) is 0 Å². The van der Waals surface area contributed by atoms with Crippen molar-refractivity contribution in [1.82, 2.24) is 4.72 Å². The highest BCUT2D eigenvalue weighted by Gasteiger charge is 1.97. The molecule has 0 aromatic heterocycles. The number of hydrogen-bond acceptors (Lipinski definition) is 2. The van der Waals surface area contributed by atoms with Gasteiger partial charge in [-0.3, -0.25) is 4.79 Å². The highest BCUT2D eigenvalue weighted by Crippen LogP contribution is 2.11. The topological polar surface area (TPSA) is 29.1 Å². The first kappa shape index (κ1) is 16.8. The predicted molar refractivity (Wildman–Crippen MR) is 78.2 cm³/mol. The minimum Gasteiger partial charge on any atom is -0.303 e. The number of thiol groups is 1. The van der Waals surface area contributed by atoms with Gasteiger partial charge < -0.3 is 4.72 Å². The van der Waals surface area contributed by atoms with Crippen LogP contribution < -0.4 is 4.72 Å². The number of hydrogen-bond donors (Lipinski definition) is 2. The summed E-state index contributed by atoms with van der Waals surface area (Å²) < 4.78 is 2.36. The SMILES string of the molecule is CCCCCCCCCCCCCC(=O)NS. The summed E-state index contributed by atoms with van der Waals surface area (Å²) >= 11 is 3.72. The molecule has 0 atom stereocenters. The Kier molecular flexibility index (Phi) is 13.7. The Morgan fingerprint density at radius 3 is 1.65 bits per heavy atom. The van der Waals surface area contributed by atoms with Crippen LogP contribution in [0.2, 0.25) is 0 Å². The van der Waals surface area contributed by atoms with Crippen molar-refractivity contribution < 1.29 is 4.79 Å². The van der Waals surface area contributed by atoms with Crippen molar-refractivity contribution in [3.8, 4) is 0 Å². The number of carbonyl (C=O) groups is 1. The van der Waals surface area contributed by atoms with Gasteiger partial charge in [0.1, 0.15) is 0 Å². The second-order valence-corrected chi connectivity index (χ2v) is 5.04. The molecule has 0 radical (unpaired) electrons. The van der Waals surface area contributed by atoms with Gasteiger partial charge in [0.25, 0.3) is 0 Å². The van der Waals surface area contributed by atoms with Crippen LogP contribution in [0.3, 0.4) is 0 Å². The van der Waals surface area contributed by atoms with Crippen LogP contribution in [0.1, 0.15) is 84.0 Å². The number of unbranched alkanes of at least 4 members (excludes halogenated alkanes) is 10. The van der Waals surface area contributed by atoms with Crippen molar-refractivity contribution in [2.75, 3.05) is 0 Å². The third kappa shape index (κ3) is 13.8. The van der Waals surface area contributed by atoms with Crippen LogP contribution in [-0.4, -0.2) is 5.91 Å². The molecule has 0 bridgehead atoms. The second-order valence-electron chi connectivity index (χ2n) is 4.82. The van der Waals surface area contributed by atoms with Crippen LogP contribution in [-0.2, 0) is 4.79 Å². The summed E-state index contributed by atoms with van der Waals surface area (Å²) in [5.74, 6) is 0.0456. The number of amides is 1. The highest BCUT2D eigenvalue weighted by atomic mass is 32.1. The summed E-state index contributed by atoms with van der Waals surface area (Å²) in [5, 5.41) is 0. The third-order valence-electron chi connectivity index (χ3n) is 3.13. The van der Waals surface area contributed by atoms with E-state index >= 15 is 0 Å². The van der Waals surface area contributed by atoms with E-state index in [1.54, 1.807) is 0 Å². The second kappa shape index (κ2) is 13.9. The van der Waals surface area contributed by atoms with Gasteiger partial charge in [-0.2, -0.15) is 0 Å². The lowest BCUT2D eigenvalue weighted by Gasteiger charge is -2.02. The predicted octanol–water partition coefficient (Wildman–Crippen LogP) is 4.65. The molecule has 0 aromatic rings. The van der Waals surface area contributed by atoms with Crippen molar-refractivity contribution in [2.24, 2.45) is 0 Å². The molecule has 1 N–H and O–H groups in total. The molecule has 0 aliphatic heterocycles. The van der Waals surface area contributed by atoms with E-state index in [4.69, 9.17) is 0 Å². The largest absolute Gasteiger partial charge is 0.303 e. The van der Waals surface area contributed by atoms with Gasteiger partial charge in [0, 0.05) is 6.42 Å². The van der Waals surface area contributed by atoms with E-state index < -0.39 is 0 Å². The Bertz CT molecular complexity index is 174. The smallest absolute Gasteiger partial charge is 0.229 e. The molecule has 0 saturated carbocycles. The van der Waals surface area contributed by atoms with Gasteiger partial charge in [0.2, 0.25) is 5.91 Å². The fourth-order valence-corrected chi connectivity index (χ4v) is 2.12. The zero-order valence-corrected chi connectivity index (χ0v) is 12.2. The summed E-state index contributed by atoms with van der Waals surface area (Å²) in [7, 11) is 0. The standard InChI is InChI=1S/C14H29NOS/c1-2-3-4-5-6-7-8-9-10-11-12-13-14(16)15-17/h17H,2-13H2,1H3,(H,15,16). The maximum Gasteiger partial charge on any atom is 0.229 e. The molecule has 0 heterocycles. The maximum atomic E-state index is 10.9. The lowest BCUT2D eigenvalue weighted by Crippen LogP contribution is -2.11. The quantitative estimate of drug-likeness (QED) is 0.388. The van der Waals surface area contributed by atoms with Gasteiger partial charge in [-0.25, -0.2) is 0 Å². The molecule has 2 nitrogen and oxygen atoms in total. The number of nitrogens with one attached hydrogen (secondary N) is 1. The van der Waals surface area contributed by atoms with E-state index in [2.05, 4.69) is 24.5 Å². The van der Waals surface area contributed by atoms with Crippen molar-refractivity contribution >= 4 is 18.7 Å². The molecule has 0 spiro atoms. The molecule has 0 saturated heterocycles. The minimum absolute atomic E-state index is 0.0456. The molecular weight excluding hydrogens is 230 g/mol. The van der Waals surface area contributed by atoms with E-state index in [1.165, 1.54) is 64.2 Å². The average molecular weight is 259 g/mol. The van der Waals surface area contributed by atoms with Crippen LogP contribution in [0.15, 0.2) is 0 Å². The van der Waals surface area contributed by atoms with E-state index in [0.29, 0.717) is 6.42 Å². The molecule has 0 aliphatic carbocycles. The van der Waals surface area contributed by atoms with E-state index in [1.807, 2.05) is 0 Å². The van der Waals surface area contributed by atoms with Crippen LogP contribution in [0.5, 0.6) is 0 Å². The molecule has 0 rings (SSSR count). The molecule has 3 heteroatoms. The zero-order valence-electron chi connectivity index (χ0n) is 11.3. The number of rotatable bonds is 12. The van der Waals surface area contributed by atoms with E-state index in [9.17, 15) is 4.79 Å². The monoisotopic (exact) mass is 259 g/mol. The first-order valence-corrected chi connectivity index (χ1v) is 7.69. The van der Waals surface area contributed by atoms with Gasteiger partial charge in [0.05, 0.1) is 0 Å². The summed E-state index contributed by atoms with van der Waals surface area (Å²) in [6, 6.07) is 0. The van der Waals surface area contributed by atoms with Crippen molar-refractivity contribution in [2.45, 2.75) is 84.0 Å². The van der Waals surface area contributed by atoms with Crippen LogP contribution >= 0.6 is 12.8 Å². The van der Waals surface area contributed by atoms with Gasteiger partial charge in [-0.15, -0.1) is 0 Å². The zero-order chi connectivity index (χ0) is 12.8. The summed E-state index contributed by atoms with van der Waals surface area (Å²) in [6.45, 7) is 2.26. The average Bonchev–Trinajstić information content (AvgIpc) is 2.35. The molecule has 0 unspecified atom stereocenters. The Labute approximate surface area is 112 Å². The minimum atomic E-state index is 0.0456. The third-order valence-corrected chi connectivity index (χ3v) is 3.38. The van der Waals surface area contributed by atoms with Crippen LogP contribution in [0.4, 0.5) is 0 Å². The van der Waals surface area contributed by atoms with Crippen molar-refractivity contribution in [3.63, 3.8) is 0 Å². The van der Waals surface area contributed by atoms with Crippen molar-refractivity contribution in [3.05, 3.63) is 0 Å². The first-order valence-electron chi connectivity index (χ1n) is 7.24. The summed E-state index contributed by atoms with van der Waals surface area (Å²) in [6.07, 6.45) is 15.1. The first-order chi connectivity index (χ1) is 8.31. The molecule has 102 valence electrons. The highest BCUT2D eigenvalue weighted by molar-refractivity contribution is 7.78. The number of carbonyl (C=O) groups excluding carboxylic acids is 1. The molecule has 17 heavy (non-hydrogen) atoms. The van der Waals surface area contributed by atoms with Crippen LogP contribution in [0.25, 0.3) is 0 Å². The van der Waals surface area contributed by atoms with Gasteiger partial charge in [-0.1, -0.05) is 83.9 Å². The molecular formula is C14H29NOS. The van der Waals surface area contributed by atoms with Gasteiger partial charge in [0.15, 0.2) is 0 Å². The lowest BCUT2D eigenvalue weighted by atomic mass is 10.1. The Morgan fingerprint density at radius 2 is 1.24 bits per heavy atom. The fraction of sp³-hybridized carbons (Fsp3) is 0.929. The summed E-state index contributed by atoms with van der Waals surface area (Å²) in [4.78, 5) is 10.9. The van der Waals surface area contributed by atoms with E-state index in [0.717, 1.165) is 6.42 Å². The Balaban J connectivity index is 2.96. The van der Waals surface area contributed by atoms with Crippen LogP contribution in [0, 0.1) is 0 Å². The fourth-order valence-electron chi connectivity index (χ4n) is 2.01. The van der Waals surface area contributed by atoms with E-state index in [-0.39, 0.29) is 5.91 Å². The molecule has 1 amide bonds. The molecule has 0 fully saturated rings. The maximum absolute atomic E-state index is 10.9.